The first kappa shape index (κ1) is 16.6. The van der Waals surface area contributed by atoms with Gasteiger partial charge in [-0.2, -0.15) is 5.10 Å². The summed E-state index contributed by atoms with van der Waals surface area (Å²) in [6.45, 7) is 2.86. The molecule has 4 N–H and O–H groups in total. The number of fused-ring (bicyclic) bond motifs is 1. The van der Waals surface area contributed by atoms with Gasteiger partial charge >= 0.3 is 6.03 Å². The fraction of sp³-hybridized carbons (Fsp3) is 0.312. The SMILES string of the molecule is C[C@@H](NC(=O)Nc1cnn(CC(N)=O)c1)c1ccc2c(c1)OCCO2. The number of nitrogens with one attached hydrogen (secondary N) is 2. The van der Waals surface area contributed by atoms with Crippen molar-refractivity contribution in [1.82, 2.24) is 15.1 Å². The zero-order valence-electron chi connectivity index (χ0n) is 13.7. The van der Waals surface area contributed by atoms with Crippen LogP contribution in [0.2, 0.25) is 0 Å². The molecule has 132 valence electrons. The van der Waals surface area contributed by atoms with Crippen LogP contribution in [0.1, 0.15) is 18.5 Å². The lowest BCUT2D eigenvalue weighted by Crippen LogP contribution is -2.31. The summed E-state index contributed by atoms with van der Waals surface area (Å²) in [6.07, 6.45) is 2.97. The Morgan fingerprint density at radius 3 is 2.84 bits per heavy atom. The number of hydrogen-bond donors (Lipinski definition) is 3. The minimum atomic E-state index is -0.508. The third-order valence-corrected chi connectivity index (χ3v) is 3.62. The van der Waals surface area contributed by atoms with Gasteiger partial charge in [-0.1, -0.05) is 6.07 Å². The Bertz CT molecular complexity index is 789. The van der Waals surface area contributed by atoms with Crippen molar-refractivity contribution in [1.29, 1.82) is 0 Å². The number of amides is 3. The molecular weight excluding hydrogens is 326 g/mol. The first-order valence-electron chi connectivity index (χ1n) is 7.79. The second-order valence-electron chi connectivity index (χ2n) is 5.62. The topological polar surface area (TPSA) is 120 Å². The fourth-order valence-corrected chi connectivity index (χ4v) is 2.45. The predicted octanol–water partition coefficient (Wildman–Crippen LogP) is 1.02. The molecule has 0 spiro atoms. The molecule has 3 amide bonds. The van der Waals surface area contributed by atoms with Crippen LogP contribution in [0.5, 0.6) is 11.5 Å². The molecule has 0 fully saturated rings. The van der Waals surface area contributed by atoms with Crippen molar-refractivity contribution < 1.29 is 19.1 Å². The van der Waals surface area contributed by atoms with Crippen LogP contribution in [-0.4, -0.2) is 34.9 Å². The number of primary amides is 1. The van der Waals surface area contributed by atoms with E-state index in [9.17, 15) is 9.59 Å². The molecule has 3 rings (SSSR count). The van der Waals surface area contributed by atoms with Crippen LogP contribution in [0.3, 0.4) is 0 Å². The molecule has 0 saturated heterocycles. The van der Waals surface area contributed by atoms with Gasteiger partial charge < -0.3 is 25.8 Å². The number of nitrogens with zero attached hydrogens (tertiary/aromatic N) is 2. The zero-order chi connectivity index (χ0) is 17.8. The highest BCUT2D eigenvalue weighted by molar-refractivity contribution is 5.89. The number of benzene rings is 1. The minimum absolute atomic E-state index is 0.0447. The average Bonchev–Trinajstić information content (AvgIpc) is 3.00. The van der Waals surface area contributed by atoms with Crippen LogP contribution in [0.25, 0.3) is 0 Å². The predicted molar refractivity (Wildman–Crippen MR) is 89.4 cm³/mol. The summed E-state index contributed by atoms with van der Waals surface area (Å²) in [4.78, 5) is 23.0. The monoisotopic (exact) mass is 345 g/mol. The molecule has 1 atom stereocenters. The minimum Gasteiger partial charge on any atom is -0.486 e. The number of anilines is 1. The Kier molecular flexibility index (Phi) is 4.73. The lowest BCUT2D eigenvalue weighted by molar-refractivity contribution is -0.118. The standard InChI is InChI=1S/C16H19N5O4/c1-10(11-2-3-13-14(6-11)25-5-4-24-13)19-16(23)20-12-7-18-21(8-12)9-15(17)22/h2-3,6-8,10H,4-5,9H2,1H3,(H2,17,22)(H2,19,20,23)/t10-/m1/s1. The van der Waals surface area contributed by atoms with E-state index >= 15 is 0 Å². The maximum atomic E-state index is 12.1. The smallest absolute Gasteiger partial charge is 0.319 e. The number of urea groups is 1. The summed E-state index contributed by atoms with van der Waals surface area (Å²) < 4.78 is 12.4. The lowest BCUT2D eigenvalue weighted by Gasteiger charge is -2.21. The molecule has 1 aliphatic heterocycles. The second kappa shape index (κ2) is 7.12. The third kappa shape index (κ3) is 4.19. The first-order chi connectivity index (χ1) is 12.0. The summed E-state index contributed by atoms with van der Waals surface area (Å²) in [5, 5.41) is 9.42. The van der Waals surface area contributed by atoms with E-state index in [0.717, 1.165) is 5.56 Å². The Balaban J connectivity index is 1.58. The molecule has 9 nitrogen and oxygen atoms in total. The van der Waals surface area contributed by atoms with Gasteiger partial charge in [0, 0.05) is 6.20 Å². The molecule has 1 aliphatic rings. The second-order valence-corrected chi connectivity index (χ2v) is 5.62. The van der Waals surface area contributed by atoms with Crippen LogP contribution in [0, 0.1) is 0 Å². The van der Waals surface area contributed by atoms with Crippen molar-refractivity contribution >= 4 is 17.6 Å². The molecule has 0 aliphatic carbocycles. The number of aromatic nitrogens is 2. The van der Waals surface area contributed by atoms with E-state index in [1.807, 2.05) is 25.1 Å². The van der Waals surface area contributed by atoms with Crippen molar-refractivity contribution in [3.05, 3.63) is 36.2 Å². The first-order valence-corrected chi connectivity index (χ1v) is 7.79. The molecule has 25 heavy (non-hydrogen) atoms. The number of carbonyl (C=O) groups excluding carboxylic acids is 2. The van der Waals surface area contributed by atoms with E-state index in [2.05, 4.69) is 15.7 Å². The van der Waals surface area contributed by atoms with Crippen molar-refractivity contribution in [3.8, 4) is 11.5 Å². The molecule has 0 bridgehead atoms. The van der Waals surface area contributed by atoms with Gasteiger partial charge in [0.15, 0.2) is 11.5 Å². The van der Waals surface area contributed by atoms with E-state index in [-0.39, 0.29) is 18.6 Å². The normalized spacial score (nSPS) is 13.8. The Labute approximate surface area is 144 Å². The Morgan fingerprint density at radius 2 is 2.08 bits per heavy atom. The largest absolute Gasteiger partial charge is 0.486 e. The van der Waals surface area contributed by atoms with E-state index in [1.54, 1.807) is 0 Å². The Hall–Kier alpha value is -3.23. The summed E-state index contributed by atoms with van der Waals surface area (Å²) in [6, 6.07) is 4.93. The highest BCUT2D eigenvalue weighted by Gasteiger charge is 2.16. The average molecular weight is 345 g/mol. The van der Waals surface area contributed by atoms with Crippen molar-refractivity contribution in [2.24, 2.45) is 5.73 Å². The number of rotatable bonds is 5. The summed E-state index contributed by atoms with van der Waals surface area (Å²) >= 11 is 0. The summed E-state index contributed by atoms with van der Waals surface area (Å²) in [7, 11) is 0. The van der Waals surface area contributed by atoms with Crippen molar-refractivity contribution in [2.75, 3.05) is 18.5 Å². The van der Waals surface area contributed by atoms with Crippen molar-refractivity contribution in [3.63, 3.8) is 0 Å². The van der Waals surface area contributed by atoms with Gasteiger partial charge in [-0.3, -0.25) is 9.48 Å². The molecule has 1 aromatic heterocycles. The summed E-state index contributed by atoms with van der Waals surface area (Å²) in [5.74, 6) is 0.866. The maximum Gasteiger partial charge on any atom is 0.319 e. The van der Waals surface area contributed by atoms with Gasteiger partial charge in [-0.15, -0.1) is 0 Å². The molecule has 0 radical (unpaired) electrons. The lowest BCUT2D eigenvalue weighted by atomic mass is 10.1. The van der Waals surface area contributed by atoms with Gasteiger partial charge in [0.1, 0.15) is 19.8 Å². The highest BCUT2D eigenvalue weighted by atomic mass is 16.6. The number of nitrogens with two attached hydrogens (primary N) is 1. The molecule has 2 heterocycles. The van der Waals surface area contributed by atoms with Crippen LogP contribution >= 0.6 is 0 Å². The van der Waals surface area contributed by atoms with Gasteiger partial charge in [0.05, 0.1) is 17.9 Å². The van der Waals surface area contributed by atoms with Gasteiger partial charge in [-0.25, -0.2) is 4.79 Å². The van der Waals surface area contributed by atoms with E-state index < -0.39 is 5.91 Å². The third-order valence-electron chi connectivity index (χ3n) is 3.62. The molecule has 9 heteroatoms. The molecule has 0 saturated carbocycles. The quantitative estimate of drug-likeness (QED) is 0.747. The maximum absolute atomic E-state index is 12.1. The zero-order valence-corrected chi connectivity index (χ0v) is 13.7. The van der Waals surface area contributed by atoms with Crippen LogP contribution < -0.4 is 25.8 Å². The van der Waals surface area contributed by atoms with Crippen LogP contribution in [0.4, 0.5) is 10.5 Å². The van der Waals surface area contributed by atoms with E-state index in [4.69, 9.17) is 15.2 Å². The number of hydrogen-bond acceptors (Lipinski definition) is 5. The highest BCUT2D eigenvalue weighted by Crippen LogP contribution is 2.32. The number of ether oxygens (including phenoxy) is 2. The van der Waals surface area contributed by atoms with Gasteiger partial charge in [0.25, 0.3) is 0 Å². The molecule has 1 aromatic carbocycles. The van der Waals surface area contributed by atoms with Crippen LogP contribution in [0.15, 0.2) is 30.6 Å². The molecule has 0 unspecified atom stereocenters. The van der Waals surface area contributed by atoms with Crippen LogP contribution in [-0.2, 0) is 11.3 Å². The molecular formula is C16H19N5O4. The van der Waals surface area contributed by atoms with E-state index in [0.29, 0.717) is 30.4 Å². The van der Waals surface area contributed by atoms with E-state index in [1.165, 1.54) is 17.1 Å². The van der Waals surface area contributed by atoms with Crippen molar-refractivity contribution in [2.45, 2.75) is 19.5 Å². The van der Waals surface area contributed by atoms with Gasteiger partial charge in [0.2, 0.25) is 5.91 Å². The summed E-state index contributed by atoms with van der Waals surface area (Å²) in [5.41, 5.74) is 6.45. The fourth-order valence-electron chi connectivity index (χ4n) is 2.45. The van der Waals surface area contributed by atoms with Gasteiger partial charge in [-0.05, 0) is 24.6 Å². The number of carbonyl (C=O) groups is 2. The molecule has 2 aromatic rings. The Morgan fingerprint density at radius 1 is 1.32 bits per heavy atom.